The highest BCUT2D eigenvalue weighted by molar-refractivity contribution is 5.92. The second kappa shape index (κ2) is 12.9. The van der Waals surface area contributed by atoms with Crippen LogP contribution in [0.1, 0.15) is 63.7 Å². The van der Waals surface area contributed by atoms with Gasteiger partial charge >= 0.3 is 6.09 Å². The summed E-state index contributed by atoms with van der Waals surface area (Å²) >= 11 is 0. The Bertz CT molecular complexity index is 1320. The fourth-order valence-corrected chi connectivity index (χ4v) is 6.14. The van der Waals surface area contributed by atoms with Gasteiger partial charge in [-0.05, 0) is 57.9 Å². The summed E-state index contributed by atoms with van der Waals surface area (Å²) in [6.07, 6.45) is 0.537. The van der Waals surface area contributed by atoms with E-state index in [1.165, 1.54) is 24.3 Å². The average Bonchev–Trinajstić information content (AvgIpc) is 3.36. The Labute approximate surface area is 251 Å². The van der Waals surface area contributed by atoms with Crippen molar-refractivity contribution in [2.24, 2.45) is 0 Å². The van der Waals surface area contributed by atoms with Gasteiger partial charge in [0, 0.05) is 44.3 Å². The number of carbonyl (C=O) groups excluding carboxylic acids is 3. The molecule has 0 unspecified atom stereocenters. The van der Waals surface area contributed by atoms with Gasteiger partial charge in [-0.3, -0.25) is 14.5 Å². The first-order chi connectivity index (χ1) is 20.5. The lowest BCUT2D eigenvalue weighted by Crippen LogP contribution is -2.64. The molecule has 2 N–H and O–H groups in total. The van der Waals surface area contributed by atoms with Crippen molar-refractivity contribution in [3.63, 3.8) is 0 Å². The molecule has 2 fully saturated rings. The molecule has 3 heterocycles. The molecule has 232 valence electrons. The van der Waals surface area contributed by atoms with Gasteiger partial charge in [0.05, 0.1) is 18.8 Å². The van der Waals surface area contributed by atoms with E-state index in [4.69, 9.17) is 14.2 Å². The van der Waals surface area contributed by atoms with Crippen LogP contribution in [-0.2, 0) is 19.1 Å². The lowest BCUT2D eigenvalue weighted by molar-refractivity contribution is -0.147. The molecule has 11 heteroatoms. The fourth-order valence-electron chi connectivity index (χ4n) is 6.14. The molecule has 2 aromatic carbocycles. The second-order valence-corrected chi connectivity index (χ2v) is 12.3. The molecule has 0 radical (unpaired) electrons. The van der Waals surface area contributed by atoms with Crippen LogP contribution in [0.5, 0.6) is 5.75 Å². The van der Waals surface area contributed by atoms with Crippen LogP contribution in [0.25, 0.3) is 0 Å². The van der Waals surface area contributed by atoms with Crippen LogP contribution in [0.4, 0.5) is 9.18 Å². The van der Waals surface area contributed by atoms with E-state index in [9.17, 15) is 18.8 Å². The number of hydrogen-bond acceptors (Lipinski definition) is 7. The lowest BCUT2D eigenvalue weighted by atomic mass is 9.98. The molecule has 2 saturated heterocycles. The molecular formula is C32H41FN4O6. The van der Waals surface area contributed by atoms with Crippen LogP contribution in [0, 0.1) is 5.82 Å². The first-order valence-electron chi connectivity index (χ1n) is 15.0. The SMILES string of the molecule is CCO[C@@H]1C[C@@H]2CN(C(=O)[C@@H](NC(=O)OC(C)(C)C)c3ccc(F)cc3)[C@H](C(=O)N[C@@H]3CCOc4ccccc43)CN2C1. The van der Waals surface area contributed by atoms with Crippen LogP contribution in [-0.4, -0.2) is 84.3 Å². The quantitative estimate of drug-likeness (QED) is 0.502. The minimum Gasteiger partial charge on any atom is -0.493 e. The van der Waals surface area contributed by atoms with E-state index >= 15 is 0 Å². The summed E-state index contributed by atoms with van der Waals surface area (Å²) in [4.78, 5) is 45.1. The number of fused-ring (bicyclic) bond motifs is 2. The summed E-state index contributed by atoms with van der Waals surface area (Å²) in [6, 6.07) is 10.7. The number of carbonyl (C=O) groups is 3. The summed E-state index contributed by atoms with van der Waals surface area (Å²) in [7, 11) is 0. The molecule has 5 rings (SSSR count). The van der Waals surface area contributed by atoms with Gasteiger partial charge in [0.15, 0.2) is 0 Å². The monoisotopic (exact) mass is 596 g/mol. The number of hydrogen-bond donors (Lipinski definition) is 2. The highest BCUT2D eigenvalue weighted by atomic mass is 19.1. The number of nitrogens with zero attached hydrogens (tertiary/aromatic N) is 2. The van der Waals surface area contributed by atoms with Crippen molar-refractivity contribution < 1.29 is 33.0 Å². The molecule has 0 aromatic heterocycles. The van der Waals surface area contributed by atoms with Crippen LogP contribution in [0.15, 0.2) is 48.5 Å². The van der Waals surface area contributed by atoms with Crippen LogP contribution in [0.3, 0.4) is 0 Å². The molecule has 3 aliphatic heterocycles. The van der Waals surface area contributed by atoms with Crippen molar-refractivity contribution in [3.05, 3.63) is 65.5 Å². The van der Waals surface area contributed by atoms with Crippen LogP contribution in [0.2, 0.25) is 0 Å². The number of alkyl carbamates (subject to hydrolysis) is 1. The number of halogens is 1. The summed E-state index contributed by atoms with van der Waals surface area (Å²) in [5.41, 5.74) is 0.477. The third-order valence-electron chi connectivity index (χ3n) is 8.06. The Kier molecular flexibility index (Phi) is 9.22. The van der Waals surface area contributed by atoms with Gasteiger partial charge in [-0.2, -0.15) is 0 Å². The van der Waals surface area contributed by atoms with Crippen molar-refractivity contribution in [3.8, 4) is 5.75 Å². The standard InChI is InChI=1S/C32H41FN4O6/c1-5-41-23-16-22-17-37(30(39)28(20-10-12-21(33)13-11-20)35-31(40)43-32(2,3)4)26(19-36(22)18-23)29(38)34-25-14-15-42-27-9-7-6-8-24(25)27/h6-13,22-23,25-26,28H,5,14-19H2,1-4H3,(H,34,38)(H,35,40)/t22-,23-,25-,26+,28+/m1/s1. The van der Waals surface area contributed by atoms with E-state index in [1.807, 2.05) is 31.2 Å². The first kappa shape index (κ1) is 30.7. The number of benzene rings is 2. The zero-order valence-electron chi connectivity index (χ0n) is 25.2. The fraction of sp³-hybridized carbons (Fsp3) is 0.531. The van der Waals surface area contributed by atoms with Gasteiger partial charge in [0.1, 0.15) is 29.3 Å². The van der Waals surface area contributed by atoms with Crippen molar-refractivity contribution in [2.45, 2.75) is 76.4 Å². The first-order valence-corrected chi connectivity index (χ1v) is 15.0. The number of rotatable bonds is 7. The van der Waals surface area contributed by atoms with Gasteiger partial charge < -0.3 is 29.7 Å². The molecule has 5 atom stereocenters. The Morgan fingerprint density at radius 1 is 1.07 bits per heavy atom. The number of amides is 3. The van der Waals surface area contributed by atoms with E-state index in [0.717, 1.165) is 17.7 Å². The van der Waals surface area contributed by atoms with Gasteiger partial charge in [-0.15, -0.1) is 0 Å². The zero-order chi connectivity index (χ0) is 30.7. The summed E-state index contributed by atoms with van der Waals surface area (Å²) in [6.45, 7) is 9.43. The Hall–Kier alpha value is -3.70. The van der Waals surface area contributed by atoms with Gasteiger partial charge in [-0.1, -0.05) is 30.3 Å². The largest absolute Gasteiger partial charge is 0.493 e. The van der Waals surface area contributed by atoms with E-state index in [-0.39, 0.29) is 30.6 Å². The Morgan fingerprint density at radius 2 is 1.81 bits per heavy atom. The Morgan fingerprint density at radius 3 is 2.53 bits per heavy atom. The summed E-state index contributed by atoms with van der Waals surface area (Å²) < 4.78 is 31.0. The molecule has 0 bridgehead atoms. The molecule has 3 aliphatic rings. The van der Waals surface area contributed by atoms with Gasteiger partial charge in [-0.25, -0.2) is 9.18 Å². The molecule has 0 aliphatic carbocycles. The highest BCUT2D eigenvalue weighted by Gasteiger charge is 2.46. The summed E-state index contributed by atoms with van der Waals surface area (Å²) in [5.74, 6) is -0.497. The molecular weight excluding hydrogens is 555 g/mol. The number of piperazine rings is 1. The van der Waals surface area contributed by atoms with E-state index in [2.05, 4.69) is 15.5 Å². The van der Waals surface area contributed by atoms with E-state index < -0.39 is 35.5 Å². The number of para-hydroxylation sites is 1. The predicted octanol–water partition coefficient (Wildman–Crippen LogP) is 3.72. The Balaban J connectivity index is 1.44. The predicted molar refractivity (Wildman–Crippen MR) is 157 cm³/mol. The zero-order valence-corrected chi connectivity index (χ0v) is 25.2. The normalized spacial score (nSPS) is 24.3. The van der Waals surface area contributed by atoms with Gasteiger partial charge in [0.2, 0.25) is 5.91 Å². The second-order valence-electron chi connectivity index (χ2n) is 12.3. The molecule has 2 aromatic rings. The van der Waals surface area contributed by atoms with Gasteiger partial charge in [0.25, 0.3) is 5.91 Å². The maximum absolute atomic E-state index is 14.4. The van der Waals surface area contributed by atoms with Crippen molar-refractivity contribution in [2.75, 3.05) is 32.8 Å². The topological polar surface area (TPSA) is 109 Å². The van der Waals surface area contributed by atoms with E-state index in [0.29, 0.717) is 38.3 Å². The summed E-state index contributed by atoms with van der Waals surface area (Å²) in [5, 5.41) is 5.86. The lowest BCUT2D eigenvalue weighted by Gasteiger charge is -2.44. The number of nitrogens with one attached hydrogen (secondary N) is 2. The maximum atomic E-state index is 14.4. The smallest absolute Gasteiger partial charge is 0.408 e. The van der Waals surface area contributed by atoms with E-state index in [1.54, 1.807) is 25.7 Å². The maximum Gasteiger partial charge on any atom is 0.408 e. The molecule has 10 nitrogen and oxygen atoms in total. The average molecular weight is 597 g/mol. The van der Waals surface area contributed by atoms with Crippen molar-refractivity contribution in [1.29, 1.82) is 0 Å². The minimum atomic E-state index is -1.19. The molecule has 0 spiro atoms. The molecule has 0 saturated carbocycles. The highest BCUT2D eigenvalue weighted by Crippen LogP contribution is 2.33. The third kappa shape index (κ3) is 7.27. The molecule has 43 heavy (non-hydrogen) atoms. The van der Waals surface area contributed by atoms with Crippen molar-refractivity contribution >= 4 is 17.9 Å². The van der Waals surface area contributed by atoms with Crippen LogP contribution < -0.4 is 15.4 Å². The number of ether oxygens (including phenoxy) is 3. The van der Waals surface area contributed by atoms with Crippen LogP contribution >= 0.6 is 0 Å². The third-order valence-corrected chi connectivity index (χ3v) is 8.06. The van der Waals surface area contributed by atoms with Crippen molar-refractivity contribution in [1.82, 2.24) is 20.4 Å². The molecule has 3 amide bonds. The minimum absolute atomic E-state index is 0.00363.